The average Bonchev–Trinajstić information content (AvgIpc) is 2.39. The van der Waals surface area contributed by atoms with E-state index in [4.69, 9.17) is 5.73 Å². The summed E-state index contributed by atoms with van der Waals surface area (Å²) in [4.78, 5) is 16.4. The Labute approximate surface area is 105 Å². The molecule has 0 unspecified atom stereocenters. The average molecular weight is 250 g/mol. The molecule has 1 heterocycles. The van der Waals surface area contributed by atoms with E-state index in [2.05, 4.69) is 9.84 Å². The second-order valence-electron chi connectivity index (χ2n) is 4.31. The van der Waals surface area contributed by atoms with E-state index in [0.29, 0.717) is 25.2 Å². The molecule has 0 aliphatic carbocycles. The first-order valence-electron chi connectivity index (χ1n) is 5.77. The number of benzene rings is 1. The molecule has 2 N–H and O–H groups in total. The van der Waals surface area contributed by atoms with Crippen LogP contribution in [0.15, 0.2) is 41.6 Å². The van der Waals surface area contributed by atoms with Gasteiger partial charge in [0.05, 0.1) is 5.57 Å². The van der Waals surface area contributed by atoms with Crippen LogP contribution in [0.5, 0.6) is 0 Å². The van der Waals surface area contributed by atoms with Crippen LogP contribution in [0.25, 0.3) is 0 Å². The predicted octanol–water partition coefficient (Wildman–Crippen LogP) is 1.53. The third-order valence-corrected chi connectivity index (χ3v) is 3.03. The summed E-state index contributed by atoms with van der Waals surface area (Å²) in [6.07, 6.45) is 0.418. The topological polar surface area (TPSA) is 55.6 Å². The van der Waals surface area contributed by atoms with Crippen molar-refractivity contribution in [3.8, 4) is 0 Å². The molecule has 2 rings (SSSR count). The molecule has 18 heavy (non-hydrogen) atoms. The number of rotatable bonds is 3. The zero-order chi connectivity index (χ0) is 13.0. The highest BCUT2D eigenvalue weighted by molar-refractivity contribution is 5.89. The minimum atomic E-state index is -0.966. The molecule has 0 saturated heterocycles. The molecule has 0 bridgehead atoms. The van der Waals surface area contributed by atoms with Crippen LogP contribution in [0, 0.1) is 0 Å². The molecular weight excluding hydrogens is 235 g/mol. The van der Waals surface area contributed by atoms with E-state index in [1.807, 2.05) is 30.3 Å². The molecule has 5 heteroatoms. The SMILES string of the molecule is NC1=C(C(=O)OF)CCN(Cc2ccccc2)C1. The Balaban J connectivity index is 2.01. The van der Waals surface area contributed by atoms with Gasteiger partial charge in [0, 0.05) is 29.9 Å². The van der Waals surface area contributed by atoms with Gasteiger partial charge in [0.1, 0.15) is 0 Å². The lowest BCUT2D eigenvalue weighted by molar-refractivity contribution is -0.178. The highest BCUT2D eigenvalue weighted by Crippen LogP contribution is 2.18. The van der Waals surface area contributed by atoms with Crippen LogP contribution in [0.2, 0.25) is 0 Å². The second kappa shape index (κ2) is 5.64. The van der Waals surface area contributed by atoms with E-state index < -0.39 is 5.97 Å². The van der Waals surface area contributed by atoms with Crippen LogP contribution in [-0.4, -0.2) is 24.0 Å². The molecule has 0 fully saturated rings. The van der Waals surface area contributed by atoms with Crippen molar-refractivity contribution in [2.45, 2.75) is 13.0 Å². The van der Waals surface area contributed by atoms with Crippen molar-refractivity contribution in [2.75, 3.05) is 13.1 Å². The maximum atomic E-state index is 11.8. The minimum Gasteiger partial charge on any atom is -0.401 e. The van der Waals surface area contributed by atoms with Gasteiger partial charge in [0.25, 0.3) is 0 Å². The lowest BCUT2D eigenvalue weighted by atomic mass is 10.0. The molecule has 0 saturated carbocycles. The number of carbonyl (C=O) groups excluding carboxylic acids is 1. The first-order valence-corrected chi connectivity index (χ1v) is 5.77. The Bertz CT molecular complexity index is 459. The number of nitrogens with two attached hydrogens (primary N) is 1. The lowest BCUT2D eigenvalue weighted by Gasteiger charge is -2.27. The lowest BCUT2D eigenvalue weighted by Crippen LogP contribution is -2.35. The zero-order valence-electron chi connectivity index (χ0n) is 9.93. The number of nitrogens with zero attached hydrogens (tertiary/aromatic N) is 1. The molecule has 1 aliphatic heterocycles. The minimum absolute atomic E-state index is 0.252. The Morgan fingerprint density at radius 1 is 1.39 bits per heavy atom. The molecule has 0 amide bonds. The summed E-state index contributed by atoms with van der Waals surface area (Å²) in [6.45, 7) is 1.89. The summed E-state index contributed by atoms with van der Waals surface area (Å²) in [5.41, 5.74) is 7.59. The number of carbonyl (C=O) groups is 1. The van der Waals surface area contributed by atoms with Gasteiger partial charge in [0.15, 0.2) is 0 Å². The first kappa shape index (κ1) is 12.6. The van der Waals surface area contributed by atoms with Gasteiger partial charge in [-0.3, -0.25) is 4.90 Å². The van der Waals surface area contributed by atoms with Crippen molar-refractivity contribution < 1.29 is 14.3 Å². The van der Waals surface area contributed by atoms with E-state index in [-0.39, 0.29) is 5.57 Å². The summed E-state index contributed by atoms with van der Waals surface area (Å²) in [5, 5.41) is 0. The monoisotopic (exact) mass is 250 g/mol. The van der Waals surface area contributed by atoms with Crippen molar-refractivity contribution in [1.82, 2.24) is 4.90 Å². The van der Waals surface area contributed by atoms with E-state index in [9.17, 15) is 9.32 Å². The van der Waals surface area contributed by atoms with Gasteiger partial charge in [-0.2, -0.15) is 0 Å². The van der Waals surface area contributed by atoms with Gasteiger partial charge in [-0.25, -0.2) is 9.74 Å². The summed E-state index contributed by atoms with van der Waals surface area (Å²) >= 11 is 0. The summed E-state index contributed by atoms with van der Waals surface area (Å²) in [5.74, 6) is -0.966. The van der Waals surface area contributed by atoms with Crippen LogP contribution in [0.1, 0.15) is 12.0 Å². The fourth-order valence-electron chi connectivity index (χ4n) is 2.10. The van der Waals surface area contributed by atoms with Crippen LogP contribution in [-0.2, 0) is 16.3 Å². The van der Waals surface area contributed by atoms with Crippen LogP contribution in [0.3, 0.4) is 0 Å². The molecular formula is C13H15FN2O2. The summed E-state index contributed by atoms with van der Waals surface area (Å²) in [6, 6.07) is 9.98. The Hall–Kier alpha value is -1.88. The Morgan fingerprint density at radius 2 is 2.11 bits per heavy atom. The van der Waals surface area contributed by atoms with Gasteiger partial charge in [-0.15, -0.1) is 0 Å². The van der Waals surface area contributed by atoms with E-state index in [1.165, 1.54) is 5.56 Å². The molecule has 1 aromatic carbocycles. The molecule has 1 aliphatic rings. The second-order valence-corrected chi connectivity index (χ2v) is 4.31. The van der Waals surface area contributed by atoms with E-state index in [1.54, 1.807) is 0 Å². The van der Waals surface area contributed by atoms with Crippen molar-refractivity contribution >= 4 is 5.97 Å². The molecule has 0 aromatic heterocycles. The van der Waals surface area contributed by atoms with E-state index >= 15 is 0 Å². The summed E-state index contributed by atoms with van der Waals surface area (Å²) in [7, 11) is 0. The molecule has 0 radical (unpaired) electrons. The Morgan fingerprint density at radius 3 is 2.72 bits per heavy atom. The number of halogens is 1. The third kappa shape index (κ3) is 2.87. The highest BCUT2D eigenvalue weighted by Gasteiger charge is 2.23. The molecule has 96 valence electrons. The van der Waals surface area contributed by atoms with Gasteiger partial charge < -0.3 is 5.73 Å². The smallest absolute Gasteiger partial charge is 0.377 e. The van der Waals surface area contributed by atoms with Crippen LogP contribution >= 0.6 is 0 Å². The van der Waals surface area contributed by atoms with E-state index in [0.717, 1.165) is 6.54 Å². The van der Waals surface area contributed by atoms with Crippen molar-refractivity contribution in [3.05, 3.63) is 47.2 Å². The standard InChI is InChI=1S/C13H15FN2O2/c14-18-13(17)11-6-7-16(9-12(11)15)8-10-4-2-1-3-5-10/h1-5H,6-9,15H2. The predicted molar refractivity (Wildman–Crippen MR) is 64.7 cm³/mol. The molecule has 1 aromatic rings. The van der Waals surface area contributed by atoms with Gasteiger partial charge in [-0.1, -0.05) is 30.3 Å². The number of hydrogen-bond donors (Lipinski definition) is 1. The third-order valence-electron chi connectivity index (χ3n) is 3.03. The summed E-state index contributed by atoms with van der Waals surface area (Å²) < 4.78 is 11.8. The van der Waals surface area contributed by atoms with Gasteiger partial charge in [0.2, 0.25) is 0 Å². The molecule has 0 atom stereocenters. The normalized spacial score (nSPS) is 16.7. The quantitative estimate of drug-likeness (QED) is 0.884. The van der Waals surface area contributed by atoms with Gasteiger partial charge >= 0.3 is 5.97 Å². The van der Waals surface area contributed by atoms with Crippen molar-refractivity contribution in [2.24, 2.45) is 5.73 Å². The Kier molecular flexibility index (Phi) is 3.94. The van der Waals surface area contributed by atoms with Crippen molar-refractivity contribution in [1.29, 1.82) is 0 Å². The largest absolute Gasteiger partial charge is 0.401 e. The van der Waals surface area contributed by atoms with Crippen LogP contribution < -0.4 is 5.73 Å². The molecule has 4 nitrogen and oxygen atoms in total. The fraction of sp³-hybridized carbons (Fsp3) is 0.308. The first-order chi connectivity index (χ1) is 8.70. The zero-order valence-corrected chi connectivity index (χ0v) is 9.93. The van der Waals surface area contributed by atoms with Gasteiger partial charge in [-0.05, 0) is 12.0 Å². The highest BCUT2D eigenvalue weighted by atomic mass is 19.3. The maximum Gasteiger partial charge on any atom is 0.377 e. The number of hydrogen-bond acceptors (Lipinski definition) is 4. The molecule has 0 spiro atoms. The fourth-order valence-corrected chi connectivity index (χ4v) is 2.10. The van der Waals surface area contributed by atoms with Crippen LogP contribution in [0.4, 0.5) is 4.53 Å². The van der Waals surface area contributed by atoms with Crippen molar-refractivity contribution in [3.63, 3.8) is 0 Å². The maximum absolute atomic E-state index is 11.8.